The van der Waals surface area contributed by atoms with E-state index in [1.165, 1.54) is 11.1 Å². The average molecular weight is 1390 g/mol. The largest absolute Gasteiger partial charge is 0.489 e. The fraction of sp³-hybridized carbons (Fsp3) is 0.247. The minimum Gasteiger partial charge on any atom is -0.489 e. The summed E-state index contributed by atoms with van der Waals surface area (Å²) in [5, 5.41) is 0. The first-order valence-corrected chi connectivity index (χ1v) is 37.7. The van der Waals surface area contributed by atoms with Crippen molar-refractivity contribution in [2.45, 2.75) is 88.5 Å². The van der Waals surface area contributed by atoms with Crippen molar-refractivity contribution in [1.82, 2.24) is 0 Å². The zero-order chi connectivity index (χ0) is 68.9. The SMILES string of the molecule is CCOc1c(C)sc(-c2ccc(N(c3ccc(-c4sc(C)c(OCC)c4OCC)cc3)c3ccc4c(c3)C(c3ccccc3)(c3ccccc3)c3cc(N(c5ccc(-c6sc(C)c(OCC)c6OCC)cc5)c5ccc(-c6sc(C)c(OCC)c6OCC)cc5)ccc3-4)cc2)c1OCC. The summed E-state index contributed by atoms with van der Waals surface area (Å²) in [5.41, 5.74) is 16.4. The molecule has 0 radical (unpaired) electrons. The molecule has 0 unspecified atom stereocenters. The highest BCUT2D eigenvalue weighted by molar-refractivity contribution is 7.17. The van der Waals surface area contributed by atoms with Gasteiger partial charge in [-0.1, -0.05) is 121 Å². The predicted molar refractivity (Wildman–Crippen MR) is 415 cm³/mol. The van der Waals surface area contributed by atoms with Crippen LogP contribution in [0.25, 0.3) is 52.9 Å². The van der Waals surface area contributed by atoms with Crippen molar-refractivity contribution in [3.8, 4) is 98.9 Å². The molecule has 99 heavy (non-hydrogen) atoms. The topological polar surface area (TPSA) is 80.3 Å². The molecule has 4 aromatic heterocycles. The normalized spacial score (nSPS) is 12.0. The van der Waals surface area contributed by atoms with Crippen LogP contribution in [0.3, 0.4) is 0 Å². The molecule has 0 spiro atoms. The molecule has 0 saturated carbocycles. The second-order valence-corrected chi connectivity index (χ2v) is 28.7. The first-order chi connectivity index (χ1) is 48.4. The Morgan fingerprint density at radius 1 is 0.263 bits per heavy atom. The maximum Gasteiger partial charge on any atom is 0.180 e. The summed E-state index contributed by atoms with van der Waals surface area (Å²) in [7, 11) is 0. The zero-order valence-electron chi connectivity index (χ0n) is 58.4. The van der Waals surface area contributed by atoms with E-state index in [1.807, 2.05) is 55.4 Å². The van der Waals surface area contributed by atoms with Crippen LogP contribution >= 0.6 is 45.3 Å². The van der Waals surface area contributed by atoms with Crippen LogP contribution in [-0.2, 0) is 5.41 Å². The molecular formula is C85H84N2O8S4. The standard InChI is InChI=1S/C85H84N2O8S4/c1-13-88-73-53(9)96-81(77(73)92-17-5)57-31-39-63(40-32-57)86(64-41-33-58(34-42-64)82-78(93-18-6)74(89-14-2)54(10)97-82)67-47-49-69-70-50-48-68(52-72(70)85(71(69)51-67,61-27-23-21-24-28-61)62-29-25-22-26-30-62)87(65-43-35-59(36-44-65)83-79(94-19-7)75(90-15-3)55(11)98-83)66-45-37-60(38-46-66)84-80(95-20-8)76(91-16-4)56(12)99-84/h21-52H,13-20H2,1-12H3. The van der Waals surface area contributed by atoms with E-state index >= 15 is 0 Å². The first-order valence-electron chi connectivity index (χ1n) is 34.4. The quantitative estimate of drug-likeness (QED) is 0.0473. The molecule has 0 fully saturated rings. The summed E-state index contributed by atoms with van der Waals surface area (Å²) in [5.74, 6) is 6.40. The van der Waals surface area contributed by atoms with Gasteiger partial charge in [0, 0.05) is 53.6 Å². The number of aryl methyl sites for hydroxylation is 4. The predicted octanol–water partition coefficient (Wildman–Crippen LogP) is 24.3. The second-order valence-electron chi connectivity index (χ2n) is 23.8. The molecule has 506 valence electrons. The molecule has 0 saturated heterocycles. The molecule has 13 rings (SSSR count). The van der Waals surface area contributed by atoms with Crippen molar-refractivity contribution in [1.29, 1.82) is 0 Å². The summed E-state index contributed by atoms with van der Waals surface area (Å²) >= 11 is 6.80. The van der Waals surface area contributed by atoms with E-state index in [0.717, 1.165) is 164 Å². The lowest BCUT2D eigenvalue weighted by Crippen LogP contribution is -2.29. The Kier molecular flexibility index (Phi) is 20.6. The summed E-state index contributed by atoms with van der Waals surface area (Å²) in [4.78, 5) is 13.3. The number of thiophene rings is 4. The number of benzene rings is 8. The lowest BCUT2D eigenvalue weighted by Gasteiger charge is -2.35. The third-order valence-corrected chi connectivity index (χ3v) is 22.3. The Morgan fingerprint density at radius 2 is 0.485 bits per heavy atom. The van der Waals surface area contributed by atoms with Crippen LogP contribution in [0.5, 0.6) is 46.0 Å². The van der Waals surface area contributed by atoms with E-state index < -0.39 is 5.41 Å². The van der Waals surface area contributed by atoms with Crippen LogP contribution < -0.4 is 47.7 Å². The van der Waals surface area contributed by atoms with Crippen LogP contribution in [0.4, 0.5) is 34.1 Å². The van der Waals surface area contributed by atoms with Gasteiger partial charge in [-0.3, -0.25) is 0 Å². The fourth-order valence-electron chi connectivity index (χ4n) is 13.8. The van der Waals surface area contributed by atoms with Gasteiger partial charge in [0.2, 0.25) is 0 Å². The first kappa shape index (κ1) is 68.1. The highest BCUT2D eigenvalue weighted by atomic mass is 32.1. The Balaban J connectivity index is 0.996. The van der Waals surface area contributed by atoms with Gasteiger partial charge in [-0.05, 0) is 212 Å². The van der Waals surface area contributed by atoms with Gasteiger partial charge in [-0.25, -0.2) is 0 Å². The van der Waals surface area contributed by atoms with Crippen LogP contribution in [-0.4, -0.2) is 52.9 Å². The Morgan fingerprint density at radius 3 is 0.717 bits per heavy atom. The molecule has 0 aliphatic heterocycles. The number of hydrogen-bond donors (Lipinski definition) is 0. The van der Waals surface area contributed by atoms with Gasteiger partial charge >= 0.3 is 0 Å². The molecule has 0 atom stereocenters. The van der Waals surface area contributed by atoms with E-state index in [0.29, 0.717) is 52.9 Å². The minimum atomic E-state index is -0.802. The molecule has 12 aromatic rings. The Hall–Kier alpha value is -9.44. The third kappa shape index (κ3) is 12.7. The maximum absolute atomic E-state index is 6.36. The molecule has 14 heteroatoms. The van der Waals surface area contributed by atoms with Gasteiger partial charge in [0.05, 0.1) is 77.8 Å². The highest BCUT2D eigenvalue weighted by Crippen LogP contribution is 2.60. The lowest BCUT2D eigenvalue weighted by molar-refractivity contribution is 0.290. The van der Waals surface area contributed by atoms with Crippen molar-refractivity contribution in [2.24, 2.45) is 0 Å². The minimum absolute atomic E-state index is 0.526. The zero-order valence-corrected chi connectivity index (χ0v) is 61.7. The summed E-state index contributed by atoms with van der Waals surface area (Å²) in [6.07, 6.45) is 0. The van der Waals surface area contributed by atoms with Crippen molar-refractivity contribution in [3.63, 3.8) is 0 Å². The number of hydrogen-bond acceptors (Lipinski definition) is 14. The van der Waals surface area contributed by atoms with Gasteiger partial charge in [0.25, 0.3) is 0 Å². The summed E-state index contributed by atoms with van der Waals surface area (Å²) in [6.45, 7) is 28.9. The Bertz CT molecular complexity index is 4250. The molecule has 0 N–H and O–H groups in total. The van der Waals surface area contributed by atoms with E-state index in [-0.39, 0.29) is 0 Å². The van der Waals surface area contributed by atoms with Crippen molar-refractivity contribution >= 4 is 79.5 Å². The molecule has 10 nitrogen and oxygen atoms in total. The number of ether oxygens (including phenoxy) is 8. The van der Waals surface area contributed by atoms with Crippen LogP contribution in [0, 0.1) is 27.7 Å². The van der Waals surface area contributed by atoms with Crippen LogP contribution in [0.2, 0.25) is 0 Å². The van der Waals surface area contributed by atoms with Crippen LogP contribution in [0.15, 0.2) is 194 Å². The number of anilines is 6. The smallest absolute Gasteiger partial charge is 0.180 e. The van der Waals surface area contributed by atoms with Gasteiger partial charge in [0.15, 0.2) is 46.0 Å². The van der Waals surface area contributed by atoms with Gasteiger partial charge in [0.1, 0.15) is 0 Å². The van der Waals surface area contributed by atoms with E-state index in [9.17, 15) is 0 Å². The van der Waals surface area contributed by atoms with E-state index in [1.54, 1.807) is 45.3 Å². The van der Waals surface area contributed by atoms with Crippen molar-refractivity contribution < 1.29 is 37.9 Å². The van der Waals surface area contributed by atoms with E-state index in [4.69, 9.17) is 37.9 Å². The lowest BCUT2D eigenvalue weighted by atomic mass is 9.67. The molecule has 4 heterocycles. The summed E-state index contributed by atoms with van der Waals surface area (Å²) < 4.78 is 50.2. The van der Waals surface area contributed by atoms with E-state index in [2.05, 4.69) is 232 Å². The van der Waals surface area contributed by atoms with Gasteiger partial charge < -0.3 is 47.7 Å². The number of rotatable bonds is 28. The van der Waals surface area contributed by atoms with Crippen molar-refractivity contribution in [3.05, 3.63) is 236 Å². The van der Waals surface area contributed by atoms with Gasteiger partial charge in [-0.15, -0.1) is 45.3 Å². The molecule has 0 amide bonds. The highest BCUT2D eigenvalue weighted by Gasteiger charge is 2.47. The Labute approximate surface area is 599 Å². The van der Waals surface area contributed by atoms with Crippen molar-refractivity contribution in [2.75, 3.05) is 62.7 Å². The molecular weight excluding hydrogens is 1310 g/mol. The second kappa shape index (κ2) is 30.0. The monoisotopic (exact) mass is 1390 g/mol. The maximum atomic E-state index is 6.36. The fourth-order valence-corrected chi connectivity index (χ4v) is 18.0. The molecule has 0 bridgehead atoms. The van der Waals surface area contributed by atoms with Gasteiger partial charge in [-0.2, -0.15) is 0 Å². The molecule has 8 aromatic carbocycles. The molecule has 1 aliphatic carbocycles. The number of fused-ring (bicyclic) bond motifs is 3. The average Bonchev–Trinajstić information content (AvgIpc) is 1.55. The number of nitrogens with zero attached hydrogens (tertiary/aromatic N) is 2. The molecule has 1 aliphatic rings. The summed E-state index contributed by atoms with van der Waals surface area (Å²) in [6, 6.07) is 71.9. The van der Waals surface area contributed by atoms with Crippen LogP contribution in [0.1, 0.15) is 97.2 Å². The third-order valence-electron chi connectivity index (χ3n) is 17.8.